The summed E-state index contributed by atoms with van der Waals surface area (Å²) < 4.78 is 42.2. The Labute approximate surface area is 226 Å². The molecule has 0 bridgehead atoms. The topological polar surface area (TPSA) is 58.9 Å². The van der Waals surface area contributed by atoms with E-state index in [0.29, 0.717) is 43.6 Å². The molecule has 1 saturated carbocycles. The number of ether oxygens (including phenoxy) is 3. The standard InChI is InChI=1S/C25H20Cl3F2NO4S/c26-17-3-1-2-4-23(17)36-25(32)35-21(10-16-18(27)11-31-12-19(16)28)15-7-8-20(34-24(29)30)22(9-15)33-13-14-5-6-14/h1-4,7-9,11-12,14,21,24H,5-6,10,13H2/p+1/t21-/m0/s1. The highest BCUT2D eigenvalue weighted by atomic mass is 35.5. The highest BCUT2D eigenvalue weighted by Gasteiger charge is 2.26. The fourth-order valence-corrected chi connectivity index (χ4v) is 4.80. The molecule has 5 nitrogen and oxygen atoms in total. The van der Waals surface area contributed by atoms with Crippen LogP contribution < -0.4 is 14.5 Å². The molecule has 1 atom stereocenters. The van der Waals surface area contributed by atoms with Gasteiger partial charge in [0.25, 0.3) is 0 Å². The zero-order valence-electron chi connectivity index (χ0n) is 18.7. The molecule has 4 rings (SSSR count). The fraction of sp³-hybridized carbons (Fsp3) is 0.280. The lowest BCUT2D eigenvalue weighted by atomic mass is 10.0. The van der Waals surface area contributed by atoms with Crippen LogP contribution >= 0.6 is 46.6 Å². The van der Waals surface area contributed by atoms with E-state index in [9.17, 15) is 13.6 Å². The van der Waals surface area contributed by atoms with Crippen LogP contribution in [-0.2, 0) is 11.2 Å². The zero-order chi connectivity index (χ0) is 25.7. The maximum Gasteiger partial charge on any atom is 0.387 e. The summed E-state index contributed by atoms with van der Waals surface area (Å²) in [5.41, 5.74) is 1.04. The van der Waals surface area contributed by atoms with E-state index in [1.165, 1.54) is 18.2 Å². The van der Waals surface area contributed by atoms with Crippen LogP contribution in [0.25, 0.3) is 0 Å². The minimum Gasteiger partial charge on any atom is -0.489 e. The lowest BCUT2D eigenvalue weighted by molar-refractivity contribution is -0.377. The Kier molecular flexibility index (Phi) is 9.17. The molecule has 0 aliphatic heterocycles. The normalized spacial score (nSPS) is 13.9. The van der Waals surface area contributed by atoms with Gasteiger partial charge in [-0.25, -0.2) is 9.78 Å². The summed E-state index contributed by atoms with van der Waals surface area (Å²) in [7, 11) is 0. The van der Waals surface area contributed by atoms with Gasteiger partial charge in [-0.1, -0.05) is 53.0 Å². The van der Waals surface area contributed by atoms with Crippen LogP contribution in [0, 0.1) is 5.92 Å². The Bertz CT molecular complexity index is 1210. The fourth-order valence-electron chi connectivity index (χ4n) is 3.36. The van der Waals surface area contributed by atoms with E-state index in [0.717, 1.165) is 24.6 Å². The SMILES string of the molecule is O=C(O[C@@H](Cc1c(Cl)c[nH+]cc1Cl)c1ccc(OC(F)F)c(OCC2CC2)c1)Sc1ccccc1Cl. The molecule has 2 aromatic carbocycles. The summed E-state index contributed by atoms with van der Waals surface area (Å²) in [5, 5.41) is 0.497. The van der Waals surface area contributed by atoms with Crippen LogP contribution in [-0.4, -0.2) is 18.5 Å². The zero-order valence-corrected chi connectivity index (χ0v) is 21.8. The third-order valence-corrected chi connectivity index (χ3v) is 7.34. The number of halogens is 5. The van der Waals surface area contributed by atoms with Gasteiger partial charge in [0.2, 0.25) is 0 Å². The van der Waals surface area contributed by atoms with Crippen LogP contribution in [0.1, 0.15) is 30.1 Å². The first kappa shape index (κ1) is 26.8. The number of pyridine rings is 1. The van der Waals surface area contributed by atoms with Gasteiger partial charge in [-0.3, -0.25) is 0 Å². The maximum atomic E-state index is 13.0. The van der Waals surface area contributed by atoms with Crippen molar-refractivity contribution < 1.29 is 32.8 Å². The molecule has 11 heteroatoms. The van der Waals surface area contributed by atoms with E-state index in [4.69, 9.17) is 44.3 Å². The summed E-state index contributed by atoms with van der Waals surface area (Å²) in [5.74, 6) is 0.417. The van der Waals surface area contributed by atoms with Crippen LogP contribution in [0.4, 0.5) is 13.6 Å². The van der Waals surface area contributed by atoms with E-state index >= 15 is 0 Å². The largest absolute Gasteiger partial charge is 0.489 e. The molecule has 190 valence electrons. The van der Waals surface area contributed by atoms with E-state index < -0.39 is 18.0 Å². The minimum atomic E-state index is -3.02. The number of benzene rings is 2. The molecule has 1 N–H and O–H groups in total. The van der Waals surface area contributed by atoms with E-state index in [1.807, 2.05) is 0 Å². The second-order valence-electron chi connectivity index (χ2n) is 8.06. The van der Waals surface area contributed by atoms with Gasteiger partial charge in [0.05, 0.1) is 11.6 Å². The predicted molar refractivity (Wildman–Crippen MR) is 135 cm³/mol. The monoisotopic (exact) mass is 574 g/mol. The summed E-state index contributed by atoms with van der Waals surface area (Å²) in [6.45, 7) is -2.64. The number of aromatic nitrogens is 1. The molecule has 0 saturated heterocycles. The Hall–Kier alpha value is -2.26. The molecule has 0 spiro atoms. The van der Waals surface area contributed by atoms with Gasteiger partial charge in [0.1, 0.15) is 16.1 Å². The molecule has 0 unspecified atom stereocenters. The Morgan fingerprint density at radius 1 is 1.03 bits per heavy atom. The molecule has 1 heterocycles. The molecule has 0 radical (unpaired) electrons. The highest BCUT2D eigenvalue weighted by molar-refractivity contribution is 8.13. The average Bonchev–Trinajstić information content (AvgIpc) is 3.66. The predicted octanol–water partition coefficient (Wildman–Crippen LogP) is 8.06. The number of hydrogen-bond donors (Lipinski definition) is 0. The number of rotatable bonds is 10. The number of thioether (sulfide) groups is 1. The number of nitrogens with one attached hydrogen (secondary N) is 1. The van der Waals surface area contributed by atoms with Gasteiger partial charge < -0.3 is 14.2 Å². The van der Waals surface area contributed by atoms with E-state index in [2.05, 4.69) is 9.72 Å². The van der Waals surface area contributed by atoms with E-state index in [-0.39, 0.29) is 17.9 Å². The first-order valence-corrected chi connectivity index (χ1v) is 12.9. The molecule has 1 aliphatic carbocycles. The average molecular weight is 576 g/mol. The molecule has 36 heavy (non-hydrogen) atoms. The molecule has 0 amide bonds. The van der Waals surface area contributed by atoms with Gasteiger partial charge in [-0.15, -0.1) is 0 Å². The van der Waals surface area contributed by atoms with Gasteiger partial charge in [0, 0.05) is 16.9 Å². The van der Waals surface area contributed by atoms with Crippen molar-refractivity contribution in [1.82, 2.24) is 0 Å². The maximum absolute atomic E-state index is 13.0. The molecular weight excluding hydrogens is 555 g/mol. The number of carbonyl (C=O) groups is 1. The van der Waals surface area contributed by atoms with Crippen LogP contribution in [0.5, 0.6) is 11.5 Å². The second-order valence-corrected chi connectivity index (χ2v) is 10.3. The van der Waals surface area contributed by atoms with Crippen LogP contribution in [0.3, 0.4) is 0 Å². The van der Waals surface area contributed by atoms with Crippen LogP contribution in [0.15, 0.2) is 59.8 Å². The van der Waals surface area contributed by atoms with Gasteiger partial charge in [-0.05, 0) is 60.4 Å². The number of carbonyl (C=O) groups excluding carboxylic acids is 1. The number of hydrogen-bond acceptors (Lipinski definition) is 5. The summed E-state index contributed by atoms with van der Waals surface area (Å²) >= 11 is 19.7. The van der Waals surface area contributed by atoms with Crippen molar-refractivity contribution in [3.05, 3.63) is 81.1 Å². The summed E-state index contributed by atoms with van der Waals surface area (Å²) in [4.78, 5) is 16.2. The van der Waals surface area contributed by atoms with Gasteiger partial charge in [0.15, 0.2) is 23.9 Å². The van der Waals surface area contributed by atoms with Crippen molar-refractivity contribution in [2.75, 3.05) is 6.61 Å². The van der Waals surface area contributed by atoms with Crippen molar-refractivity contribution in [2.24, 2.45) is 5.92 Å². The molecule has 3 aromatic rings. The third kappa shape index (κ3) is 7.38. The molecular formula is C25H21Cl3F2NO4S+. The molecule has 1 aromatic heterocycles. The number of alkyl halides is 2. The first-order valence-electron chi connectivity index (χ1n) is 11.0. The summed E-state index contributed by atoms with van der Waals surface area (Å²) in [6.07, 6.45) is 4.42. The van der Waals surface area contributed by atoms with Gasteiger partial charge in [-0.2, -0.15) is 8.78 Å². The van der Waals surface area contributed by atoms with Crippen molar-refractivity contribution in [1.29, 1.82) is 0 Å². The molecule has 1 fully saturated rings. The number of aromatic amines is 1. The second kappa shape index (κ2) is 12.3. The quantitative estimate of drug-likeness (QED) is 0.181. The minimum absolute atomic E-state index is 0.102. The van der Waals surface area contributed by atoms with Crippen LogP contribution in [0.2, 0.25) is 15.1 Å². The smallest absolute Gasteiger partial charge is 0.387 e. The Morgan fingerprint density at radius 3 is 2.42 bits per heavy atom. The van der Waals surface area contributed by atoms with E-state index in [1.54, 1.807) is 36.7 Å². The lowest BCUT2D eigenvalue weighted by Crippen LogP contribution is -2.14. The first-order chi connectivity index (χ1) is 17.3. The van der Waals surface area contributed by atoms with Gasteiger partial charge >= 0.3 is 11.9 Å². The Morgan fingerprint density at radius 2 is 1.75 bits per heavy atom. The highest BCUT2D eigenvalue weighted by Crippen LogP contribution is 2.39. The van der Waals surface area contributed by atoms with Crippen molar-refractivity contribution in [3.63, 3.8) is 0 Å². The van der Waals surface area contributed by atoms with Crippen molar-refractivity contribution in [3.8, 4) is 11.5 Å². The lowest BCUT2D eigenvalue weighted by Gasteiger charge is -2.21. The van der Waals surface area contributed by atoms with Crippen molar-refractivity contribution >= 4 is 51.9 Å². The Balaban J connectivity index is 1.64. The number of H-pyrrole nitrogens is 1. The third-order valence-electron chi connectivity index (χ3n) is 5.38. The molecule has 1 aliphatic rings. The van der Waals surface area contributed by atoms with Crippen molar-refractivity contribution in [2.45, 2.75) is 36.9 Å². The summed E-state index contributed by atoms with van der Waals surface area (Å²) in [6, 6.07) is 11.3.